The maximum absolute atomic E-state index is 14.1. The van der Waals surface area contributed by atoms with Gasteiger partial charge in [-0.05, 0) is 87.0 Å². The highest BCUT2D eigenvalue weighted by Gasteiger charge is 2.32. The molecular formula is C34H37N3O6S. The van der Waals surface area contributed by atoms with Gasteiger partial charge in [-0.3, -0.25) is 13.9 Å². The average Bonchev–Trinajstić information content (AvgIpc) is 3.03. The van der Waals surface area contributed by atoms with E-state index in [0.717, 1.165) is 9.87 Å². The van der Waals surface area contributed by atoms with Crippen molar-refractivity contribution < 1.29 is 27.5 Å². The highest BCUT2D eigenvalue weighted by molar-refractivity contribution is 7.92. The fourth-order valence-corrected chi connectivity index (χ4v) is 5.94. The van der Waals surface area contributed by atoms with Crippen molar-refractivity contribution in [2.45, 2.75) is 44.3 Å². The van der Waals surface area contributed by atoms with Gasteiger partial charge in [0.15, 0.2) is 0 Å². The van der Waals surface area contributed by atoms with Crippen molar-refractivity contribution >= 4 is 27.5 Å². The maximum atomic E-state index is 14.1. The van der Waals surface area contributed by atoms with E-state index in [1.54, 1.807) is 74.7 Å². The molecule has 0 aliphatic heterocycles. The average molecular weight is 616 g/mol. The Bertz CT molecular complexity index is 1650. The lowest BCUT2D eigenvalue weighted by Crippen LogP contribution is -2.52. The van der Waals surface area contributed by atoms with Gasteiger partial charge < -0.3 is 19.7 Å². The lowest BCUT2D eigenvalue weighted by Gasteiger charge is -2.32. The monoisotopic (exact) mass is 615 g/mol. The number of ether oxygens (including phenoxy) is 2. The van der Waals surface area contributed by atoms with Crippen LogP contribution in [0.4, 0.5) is 5.69 Å². The first kappa shape index (κ1) is 32.1. The Hall–Kier alpha value is -4.83. The Labute approximate surface area is 259 Å². The van der Waals surface area contributed by atoms with Crippen molar-refractivity contribution in [3.8, 4) is 17.2 Å². The molecule has 9 nitrogen and oxygen atoms in total. The normalized spacial score (nSPS) is 11.8. The minimum atomic E-state index is -4.18. The van der Waals surface area contributed by atoms with Crippen LogP contribution in [0.1, 0.15) is 26.3 Å². The van der Waals surface area contributed by atoms with Crippen molar-refractivity contribution in [1.82, 2.24) is 10.2 Å². The lowest BCUT2D eigenvalue weighted by molar-refractivity contribution is -0.139. The molecule has 2 amide bonds. The number of benzene rings is 4. The van der Waals surface area contributed by atoms with Gasteiger partial charge in [0, 0.05) is 12.6 Å². The molecule has 0 saturated heterocycles. The first-order valence-electron chi connectivity index (χ1n) is 14.2. The molecule has 10 heteroatoms. The number of para-hydroxylation sites is 1. The summed E-state index contributed by atoms with van der Waals surface area (Å²) >= 11 is 0. The van der Waals surface area contributed by atoms with Gasteiger partial charge in [0.05, 0.1) is 17.7 Å². The summed E-state index contributed by atoms with van der Waals surface area (Å²) in [5, 5.41) is 2.85. The third-order valence-electron chi connectivity index (χ3n) is 6.80. The Morgan fingerprint density at radius 2 is 1.36 bits per heavy atom. The summed E-state index contributed by atoms with van der Waals surface area (Å²) in [7, 11) is -2.63. The van der Waals surface area contributed by atoms with Crippen molar-refractivity contribution in [2.24, 2.45) is 0 Å². The molecule has 0 spiro atoms. The van der Waals surface area contributed by atoms with Crippen LogP contribution >= 0.6 is 0 Å². The summed E-state index contributed by atoms with van der Waals surface area (Å²) in [6, 6.07) is 29.7. The zero-order valence-corrected chi connectivity index (χ0v) is 26.0. The molecule has 0 saturated carbocycles. The van der Waals surface area contributed by atoms with E-state index in [4.69, 9.17) is 9.47 Å². The number of hydrogen-bond acceptors (Lipinski definition) is 6. The topological polar surface area (TPSA) is 105 Å². The van der Waals surface area contributed by atoms with Crippen LogP contribution in [0, 0.1) is 0 Å². The van der Waals surface area contributed by atoms with Gasteiger partial charge >= 0.3 is 0 Å². The van der Waals surface area contributed by atoms with Crippen LogP contribution in [0.5, 0.6) is 17.2 Å². The SMILES string of the molecule is COc1cccc(CN(C(=O)CN(c2ccc(Oc3ccccc3)cc2)S(=O)(=O)c2ccccc2)[C@H](C)C(=O)NC(C)C)c1. The number of carbonyl (C=O) groups is 2. The fourth-order valence-electron chi connectivity index (χ4n) is 4.51. The molecule has 44 heavy (non-hydrogen) atoms. The Kier molecular flexibility index (Phi) is 10.6. The summed E-state index contributed by atoms with van der Waals surface area (Å²) in [6.07, 6.45) is 0. The van der Waals surface area contributed by atoms with Crippen LogP contribution in [-0.2, 0) is 26.2 Å². The van der Waals surface area contributed by atoms with Gasteiger partial charge in [0.25, 0.3) is 10.0 Å². The molecule has 0 aliphatic carbocycles. The summed E-state index contributed by atoms with van der Waals surface area (Å²) in [4.78, 5) is 28.6. The van der Waals surface area contributed by atoms with E-state index in [1.165, 1.54) is 17.0 Å². The second kappa shape index (κ2) is 14.6. The zero-order valence-electron chi connectivity index (χ0n) is 25.2. The van der Waals surface area contributed by atoms with Gasteiger partial charge in [0.2, 0.25) is 11.8 Å². The van der Waals surface area contributed by atoms with Crippen molar-refractivity contribution in [3.63, 3.8) is 0 Å². The predicted molar refractivity (Wildman–Crippen MR) is 170 cm³/mol. The number of nitrogens with one attached hydrogen (secondary N) is 1. The Balaban J connectivity index is 1.70. The summed E-state index contributed by atoms with van der Waals surface area (Å²) in [5.74, 6) is 0.827. The number of nitrogens with zero attached hydrogens (tertiary/aromatic N) is 2. The number of rotatable bonds is 13. The van der Waals surface area contributed by atoms with Gasteiger partial charge in [0.1, 0.15) is 29.8 Å². The van der Waals surface area contributed by atoms with E-state index in [9.17, 15) is 18.0 Å². The van der Waals surface area contributed by atoms with E-state index in [-0.39, 0.29) is 29.1 Å². The van der Waals surface area contributed by atoms with Crippen LogP contribution in [0.3, 0.4) is 0 Å². The number of hydrogen-bond donors (Lipinski definition) is 1. The van der Waals surface area contributed by atoms with E-state index in [2.05, 4.69) is 5.32 Å². The zero-order chi connectivity index (χ0) is 31.7. The number of methoxy groups -OCH3 is 1. The van der Waals surface area contributed by atoms with E-state index in [0.29, 0.717) is 17.2 Å². The minimum Gasteiger partial charge on any atom is -0.497 e. The second-order valence-electron chi connectivity index (χ2n) is 10.4. The quantitative estimate of drug-likeness (QED) is 0.209. The van der Waals surface area contributed by atoms with Crippen LogP contribution < -0.4 is 19.1 Å². The molecule has 0 bridgehead atoms. The van der Waals surface area contributed by atoms with Crippen LogP contribution in [0.25, 0.3) is 0 Å². The summed E-state index contributed by atoms with van der Waals surface area (Å²) in [6.45, 7) is 4.81. The fraction of sp³-hybridized carbons (Fsp3) is 0.235. The van der Waals surface area contributed by atoms with Gasteiger partial charge in [-0.2, -0.15) is 0 Å². The predicted octanol–water partition coefficient (Wildman–Crippen LogP) is 5.62. The molecule has 0 aromatic heterocycles. The smallest absolute Gasteiger partial charge is 0.264 e. The number of sulfonamides is 1. The number of amides is 2. The highest BCUT2D eigenvalue weighted by atomic mass is 32.2. The molecule has 4 aromatic carbocycles. The molecule has 0 heterocycles. The Morgan fingerprint density at radius 1 is 0.773 bits per heavy atom. The van der Waals surface area contributed by atoms with Crippen LogP contribution in [0.15, 0.2) is 114 Å². The first-order chi connectivity index (χ1) is 21.1. The molecular weight excluding hydrogens is 578 g/mol. The maximum Gasteiger partial charge on any atom is 0.264 e. The number of anilines is 1. The van der Waals surface area contributed by atoms with Crippen molar-refractivity contribution in [3.05, 3.63) is 115 Å². The van der Waals surface area contributed by atoms with E-state index in [1.807, 2.05) is 50.2 Å². The minimum absolute atomic E-state index is 0.0300. The summed E-state index contributed by atoms with van der Waals surface area (Å²) in [5.41, 5.74) is 0.991. The molecule has 1 atom stereocenters. The van der Waals surface area contributed by atoms with Crippen LogP contribution in [-0.4, -0.2) is 50.9 Å². The summed E-state index contributed by atoms with van der Waals surface area (Å²) < 4.78 is 40.2. The molecule has 4 rings (SSSR count). The standard InChI is InChI=1S/C34H37N3O6S/c1-25(2)35-34(39)26(3)36(23-27-12-11-15-31(22-27)42-4)33(38)24-37(44(40,41)32-16-9-6-10-17-32)28-18-20-30(21-19-28)43-29-13-7-5-8-14-29/h5-22,25-26H,23-24H2,1-4H3,(H,35,39)/t26-/m1/s1. The van der Waals surface area contributed by atoms with Gasteiger partial charge in [-0.15, -0.1) is 0 Å². The molecule has 230 valence electrons. The van der Waals surface area contributed by atoms with E-state index < -0.39 is 28.5 Å². The third kappa shape index (κ3) is 8.17. The van der Waals surface area contributed by atoms with Gasteiger partial charge in [-0.25, -0.2) is 8.42 Å². The van der Waals surface area contributed by atoms with Crippen molar-refractivity contribution in [1.29, 1.82) is 0 Å². The first-order valence-corrected chi connectivity index (χ1v) is 15.7. The number of carbonyl (C=O) groups excluding carboxylic acids is 2. The highest BCUT2D eigenvalue weighted by Crippen LogP contribution is 2.28. The molecule has 0 fully saturated rings. The molecule has 0 radical (unpaired) electrons. The third-order valence-corrected chi connectivity index (χ3v) is 8.59. The van der Waals surface area contributed by atoms with Crippen LogP contribution in [0.2, 0.25) is 0 Å². The lowest BCUT2D eigenvalue weighted by atomic mass is 10.1. The molecule has 0 unspecified atom stereocenters. The van der Waals surface area contributed by atoms with E-state index >= 15 is 0 Å². The van der Waals surface area contributed by atoms with Crippen molar-refractivity contribution in [2.75, 3.05) is 18.0 Å². The molecule has 0 aliphatic rings. The second-order valence-corrected chi connectivity index (χ2v) is 12.3. The molecule has 4 aromatic rings. The molecule has 1 N–H and O–H groups in total. The largest absolute Gasteiger partial charge is 0.497 e. The van der Waals surface area contributed by atoms with Gasteiger partial charge in [-0.1, -0.05) is 48.5 Å². The Morgan fingerprint density at radius 3 is 1.98 bits per heavy atom.